The zero-order chi connectivity index (χ0) is 14.6. The number of hydrogen-bond acceptors (Lipinski definition) is 3. The second-order valence-corrected chi connectivity index (χ2v) is 5.69. The van der Waals surface area contributed by atoms with Crippen LogP contribution in [0.1, 0.15) is 36.7 Å². The van der Waals surface area contributed by atoms with E-state index in [1.54, 1.807) is 32.0 Å². The molecule has 0 heterocycles. The van der Waals surface area contributed by atoms with E-state index in [0.29, 0.717) is 23.7 Å². The molecule has 0 fully saturated rings. The van der Waals surface area contributed by atoms with Gasteiger partial charge in [-0.1, -0.05) is 24.6 Å². The van der Waals surface area contributed by atoms with Crippen molar-refractivity contribution < 1.29 is 9.90 Å². The topological polar surface area (TPSA) is 66.6 Å². The van der Waals surface area contributed by atoms with Crippen LogP contribution in [0.3, 0.4) is 0 Å². The van der Waals surface area contributed by atoms with Gasteiger partial charge in [0, 0.05) is 23.7 Å². The van der Waals surface area contributed by atoms with Gasteiger partial charge >= 0.3 is 0 Å². The van der Waals surface area contributed by atoms with E-state index in [1.807, 2.05) is 6.92 Å². The number of likely N-dealkylation sites (N-methyl/N-ethyl adjacent to an activating group) is 1. The number of nitrogens with two attached hydrogens (primary N) is 1. The Bertz CT molecular complexity index is 455. The molecule has 0 aromatic heterocycles. The predicted molar refractivity (Wildman–Crippen MR) is 77.2 cm³/mol. The molecule has 0 aliphatic carbocycles. The average molecular weight is 285 g/mol. The van der Waals surface area contributed by atoms with E-state index < -0.39 is 11.5 Å². The van der Waals surface area contributed by atoms with E-state index >= 15 is 0 Å². The van der Waals surface area contributed by atoms with Crippen LogP contribution in [0.2, 0.25) is 5.02 Å². The van der Waals surface area contributed by atoms with Crippen molar-refractivity contribution in [3.8, 4) is 0 Å². The summed E-state index contributed by atoms with van der Waals surface area (Å²) in [5.74, 6) is -0.489. The molecule has 19 heavy (non-hydrogen) atoms. The summed E-state index contributed by atoms with van der Waals surface area (Å²) < 4.78 is 0. The normalized spacial score (nSPS) is 11.9. The Kier molecular flexibility index (Phi) is 5.35. The van der Waals surface area contributed by atoms with Gasteiger partial charge in [0.1, 0.15) is 0 Å². The molecular weight excluding hydrogens is 264 g/mol. The minimum Gasteiger partial charge on any atom is -0.389 e. The number of halogens is 1. The molecular formula is C14H21ClN2O2. The lowest BCUT2D eigenvalue weighted by Gasteiger charge is -2.28. The molecule has 3 N–H and O–H groups in total. The summed E-state index contributed by atoms with van der Waals surface area (Å²) >= 11 is 6.15. The molecule has 0 unspecified atom stereocenters. The Morgan fingerprint density at radius 3 is 2.53 bits per heavy atom. The van der Waals surface area contributed by atoms with Gasteiger partial charge in [0.05, 0.1) is 5.60 Å². The SMILES string of the molecule is CCN(Cc1ccc(C(N)=O)cc1Cl)CC(C)(C)O. The highest BCUT2D eigenvalue weighted by Gasteiger charge is 2.18. The van der Waals surface area contributed by atoms with Gasteiger partial charge < -0.3 is 10.8 Å². The second kappa shape index (κ2) is 6.37. The van der Waals surface area contributed by atoms with Crippen molar-refractivity contribution in [2.45, 2.75) is 32.9 Å². The summed E-state index contributed by atoms with van der Waals surface area (Å²) in [6, 6.07) is 5.05. The lowest BCUT2D eigenvalue weighted by Crippen LogP contribution is -2.38. The van der Waals surface area contributed by atoms with Crippen molar-refractivity contribution in [3.63, 3.8) is 0 Å². The van der Waals surface area contributed by atoms with E-state index in [2.05, 4.69) is 4.90 Å². The smallest absolute Gasteiger partial charge is 0.248 e. The predicted octanol–water partition coefficient (Wildman–Crippen LogP) is 2.03. The Balaban J connectivity index is 2.83. The Labute approximate surface area is 119 Å². The van der Waals surface area contributed by atoms with Gasteiger partial charge in [0.15, 0.2) is 0 Å². The molecule has 0 aliphatic rings. The van der Waals surface area contributed by atoms with Crippen LogP contribution < -0.4 is 5.73 Å². The van der Waals surface area contributed by atoms with Crippen LogP contribution in [0.4, 0.5) is 0 Å². The summed E-state index contributed by atoms with van der Waals surface area (Å²) in [4.78, 5) is 13.1. The van der Waals surface area contributed by atoms with Crippen molar-refractivity contribution in [2.75, 3.05) is 13.1 Å². The number of nitrogens with zero attached hydrogens (tertiary/aromatic N) is 1. The average Bonchev–Trinajstić information content (AvgIpc) is 2.28. The van der Waals surface area contributed by atoms with Crippen molar-refractivity contribution in [3.05, 3.63) is 34.3 Å². The number of amides is 1. The molecule has 5 heteroatoms. The van der Waals surface area contributed by atoms with Gasteiger partial charge in [0.25, 0.3) is 0 Å². The van der Waals surface area contributed by atoms with E-state index in [4.69, 9.17) is 17.3 Å². The highest BCUT2D eigenvalue weighted by Crippen LogP contribution is 2.20. The first-order valence-electron chi connectivity index (χ1n) is 6.26. The first kappa shape index (κ1) is 16.0. The van der Waals surface area contributed by atoms with Crippen LogP contribution in [-0.4, -0.2) is 34.6 Å². The highest BCUT2D eigenvalue weighted by molar-refractivity contribution is 6.31. The van der Waals surface area contributed by atoms with E-state index in [-0.39, 0.29) is 0 Å². The quantitative estimate of drug-likeness (QED) is 0.840. The fourth-order valence-corrected chi connectivity index (χ4v) is 2.14. The van der Waals surface area contributed by atoms with Crippen LogP contribution in [-0.2, 0) is 6.54 Å². The fourth-order valence-electron chi connectivity index (χ4n) is 1.90. The zero-order valence-corrected chi connectivity index (χ0v) is 12.4. The van der Waals surface area contributed by atoms with Crippen LogP contribution >= 0.6 is 11.6 Å². The van der Waals surface area contributed by atoms with E-state index in [0.717, 1.165) is 12.1 Å². The first-order valence-corrected chi connectivity index (χ1v) is 6.63. The van der Waals surface area contributed by atoms with Crippen molar-refractivity contribution in [2.24, 2.45) is 5.73 Å². The van der Waals surface area contributed by atoms with Crippen LogP contribution in [0.15, 0.2) is 18.2 Å². The van der Waals surface area contributed by atoms with Crippen LogP contribution in [0, 0.1) is 0 Å². The number of carbonyl (C=O) groups excluding carboxylic acids is 1. The molecule has 0 saturated carbocycles. The van der Waals surface area contributed by atoms with Gasteiger partial charge in [-0.05, 0) is 38.1 Å². The van der Waals surface area contributed by atoms with Crippen molar-refractivity contribution in [1.82, 2.24) is 4.90 Å². The summed E-state index contributed by atoms with van der Waals surface area (Å²) in [5, 5.41) is 10.4. The maximum absolute atomic E-state index is 11.1. The molecule has 0 aliphatic heterocycles. The Hall–Kier alpha value is -1.10. The van der Waals surface area contributed by atoms with E-state index in [9.17, 15) is 9.90 Å². The first-order chi connectivity index (χ1) is 8.73. The Morgan fingerprint density at radius 1 is 1.47 bits per heavy atom. The standard InChI is InChI=1S/C14H21ClN2O2/c1-4-17(9-14(2,3)19)8-11-6-5-10(13(16)18)7-12(11)15/h5-7,19H,4,8-9H2,1-3H3,(H2,16,18). The van der Waals surface area contributed by atoms with Gasteiger partial charge in [-0.25, -0.2) is 0 Å². The lowest BCUT2D eigenvalue weighted by molar-refractivity contribution is 0.0353. The molecule has 0 bridgehead atoms. The number of aliphatic hydroxyl groups is 1. The maximum Gasteiger partial charge on any atom is 0.248 e. The summed E-state index contributed by atoms with van der Waals surface area (Å²) in [6.07, 6.45) is 0. The monoisotopic (exact) mass is 284 g/mol. The highest BCUT2D eigenvalue weighted by atomic mass is 35.5. The molecule has 0 radical (unpaired) electrons. The molecule has 1 amide bonds. The zero-order valence-electron chi connectivity index (χ0n) is 11.6. The largest absolute Gasteiger partial charge is 0.389 e. The minimum absolute atomic E-state index is 0.402. The van der Waals surface area contributed by atoms with Gasteiger partial charge in [-0.2, -0.15) is 0 Å². The third kappa shape index (κ3) is 5.19. The number of hydrogen-bond donors (Lipinski definition) is 2. The van der Waals surface area contributed by atoms with Crippen molar-refractivity contribution in [1.29, 1.82) is 0 Å². The molecule has 1 aromatic carbocycles. The minimum atomic E-state index is -0.754. The third-order valence-electron chi connectivity index (χ3n) is 2.79. The molecule has 1 aromatic rings. The van der Waals surface area contributed by atoms with Crippen molar-refractivity contribution >= 4 is 17.5 Å². The lowest BCUT2D eigenvalue weighted by atomic mass is 10.1. The number of primary amides is 1. The molecule has 106 valence electrons. The number of rotatable bonds is 6. The van der Waals surface area contributed by atoms with Crippen LogP contribution in [0.5, 0.6) is 0 Å². The molecule has 0 atom stereocenters. The van der Waals surface area contributed by atoms with Gasteiger partial charge in [-0.3, -0.25) is 9.69 Å². The molecule has 0 saturated heterocycles. The van der Waals surface area contributed by atoms with Gasteiger partial charge in [0.2, 0.25) is 5.91 Å². The van der Waals surface area contributed by atoms with Gasteiger partial charge in [-0.15, -0.1) is 0 Å². The molecule has 1 rings (SSSR count). The summed E-state index contributed by atoms with van der Waals surface area (Å²) in [6.45, 7) is 7.55. The molecule has 4 nitrogen and oxygen atoms in total. The molecule has 0 spiro atoms. The number of benzene rings is 1. The van der Waals surface area contributed by atoms with Crippen LogP contribution in [0.25, 0.3) is 0 Å². The maximum atomic E-state index is 11.1. The second-order valence-electron chi connectivity index (χ2n) is 5.29. The summed E-state index contributed by atoms with van der Waals surface area (Å²) in [7, 11) is 0. The third-order valence-corrected chi connectivity index (χ3v) is 3.14. The summed E-state index contributed by atoms with van der Waals surface area (Å²) in [5.41, 5.74) is 5.76. The van der Waals surface area contributed by atoms with E-state index in [1.165, 1.54) is 0 Å². The number of carbonyl (C=O) groups is 1. The Morgan fingerprint density at radius 2 is 2.11 bits per heavy atom. The fraction of sp³-hybridized carbons (Fsp3) is 0.500.